The van der Waals surface area contributed by atoms with Crippen LogP contribution in [0.4, 0.5) is 0 Å². The van der Waals surface area contributed by atoms with Gasteiger partial charge in [-0.2, -0.15) is 4.31 Å². The Labute approximate surface area is 161 Å². The van der Waals surface area contributed by atoms with Crippen LogP contribution < -0.4 is 9.47 Å². The summed E-state index contributed by atoms with van der Waals surface area (Å²) >= 11 is 0. The lowest BCUT2D eigenvalue weighted by molar-refractivity contribution is 0.180. The molecule has 0 atom stereocenters. The molecule has 146 valence electrons. The summed E-state index contributed by atoms with van der Waals surface area (Å²) in [6.07, 6.45) is 0. The predicted molar refractivity (Wildman–Crippen MR) is 105 cm³/mol. The molecule has 1 aliphatic rings. The summed E-state index contributed by atoms with van der Waals surface area (Å²) in [6, 6.07) is 12.8. The molecule has 3 rings (SSSR count). The van der Waals surface area contributed by atoms with Crippen LogP contribution in [-0.2, 0) is 16.6 Å². The Morgan fingerprint density at radius 3 is 2.19 bits per heavy atom. The second-order valence-electron chi connectivity index (χ2n) is 6.67. The zero-order valence-corrected chi connectivity index (χ0v) is 16.8. The van der Waals surface area contributed by atoms with Gasteiger partial charge >= 0.3 is 0 Å². The minimum Gasteiger partial charge on any atom is -0.497 e. The van der Waals surface area contributed by atoms with Crippen LogP contribution >= 0.6 is 0 Å². The molecule has 27 heavy (non-hydrogen) atoms. The van der Waals surface area contributed by atoms with E-state index in [9.17, 15) is 8.42 Å². The highest BCUT2D eigenvalue weighted by atomic mass is 32.2. The van der Waals surface area contributed by atoms with Crippen molar-refractivity contribution in [2.45, 2.75) is 18.4 Å². The normalized spacial score (nSPS) is 16.3. The van der Waals surface area contributed by atoms with E-state index in [2.05, 4.69) is 4.90 Å². The highest BCUT2D eigenvalue weighted by molar-refractivity contribution is 7.89. The summed E-state index contributed by atoms with van der Waals surface area (Å²) in [5, 5.41) is 0. The molecule has 7 heteroatoms. The van der Waals surface area contributed by atoms with Crippen LogP contribution in [0.15, 0.2) is 47.4 Å². The fourth-order valence-electron chi connectivity index (χ4n) is 3.23. The first-order chi connectivity index (χ1) is 12.9. The van der Waals surface area contributed by atoms with E-state index in [0.717, 1.165) is 22.6 Å². The maximum atomic E-state index is 12.8. The second-order valence-corrected chi connectivity index (χ2v) is 8.61. The van der Waals surface area contributed by atoms with Crippen LogP contribution in [0.3, 0.4) is 0 Å². The molecule has 0 spiro atoms. The Balaban J connectivity index is 1.66. The number of methoxy groups -OCH3 is 2. The minimum atomic E-state index is -3.44. The van der Waals surface area contributed by atoms with Crippen molar-refractivity contribution >= 4 is 10.0 Å². The van der Waals surface area contributed by atoms with E-state index >= 15 is 0 Å². The molecule has 0 aromatic heterocycles. The van der Waals surface area contributed by atoms with Gasteiger partial charge in [-0.3, -0.25) is 4.90 Å². The largest absolute Gasteiger partial charge is 0.497 e. The monoisotopic (exact) mass is 390 g/mol. The number of sulfonamides is 1. The van der Waals surface area contributed by atoms with Crippen molar-refractivity contribution in [2.75, 3.05) is 40.4 Å². The van der Waals surface area contributed by atoms with E-state index < -0.39 is 10.0 Å². The molecule has 0 amide bonds. The summed E-state index contributed by atoms with van der Waals surface area (Å²) in [7, 11) is -0.147. The van der Waals surface area contributed by atoms with E-state index in [-0.39, 0.29) is 0 Å². The van der Waals surface area contributed by atoms with Crippen LogP contribution in [0.5, 0.6) is 11.5 Å². The topological polar surface area (TPSA) is 59.1 Å². The molecule has 1 aliphatic heterocycles. The molecule has 0 unspecified atom stereocenters. The molecule has 6 nitrogen and oxygen atoms in total. The van der Waals surface area contributed by atoms with Gasteiger partial charge in [0.2, 0.25) is 10.0 Å². The smallest absolute Gasteiger partial charge is 0.243 e. The average molecular weight is 391 g/mol. The maximum absolute atomic E-state index is 12.8. The van der Waals surface area contributed by atoms with Gasteiger partial charge in [-0.15, -0.1) is 0 Å². The van der Waals surface area contributed by atoms with Crippen molar-refractivity contribution in [1.29, 1.82) is 0 Å². The molecule has 0 radical (unpaired) electrons. The van der Waals surface area contributed by atoms with Crippen LogP contribution in [0.25, 0.3) is 0 Å². The van der Waals surface area contributed by atoms with E-state index in [1.807, 2.05) is 37.3 Å². The van der Waals surface area contributed by atoms with Gasteiger partial charge in [0.05, 0.1) is 19.1 Å². The SMILES string of the molecule is COc1ccc(OC)c(CN2CCN(S(=O)(=O)c3ccc(C)cc3)CC2)c1. The fourth-order valence-corrected chi connectivity index (χ4v) is 4.66. The van der Waals surface area contributed by atoms with Gasteiger partial charge in [0.15, 0.2) is 0 Å². The molecule has 2 aromatic carbocycles. The van der Waals surface area contributed by atoms with Gasteiger partial charge in [0.25, 0.3) is 0 Å². The number of hydrogen-bond acceptors (Lipinski definition) is 5. The molecule has 2 aromatic rings. The Kier molecular flexibility index (Phi) is 6.04. The van der Waals surface area contributed by atoms with Crippen molar-refractivity contribution in [3.05, 3.63) is 53.6 Å². The highest BCUT2D eigenvalue weighted by Gasteiger charge is 2.28. The second kappa shape index (κ2) is 8.29. The first-order valence-corrected chi connectivity index (χ1v) is 10.4. The summed E-state index contributed by atoms with van der Waals surface area (Å²) in [4.78, 5) is 2.59. The zero-order valence-electron chi connectivity index (χ0n) is 16.0. The van der Waals surface area contributed by atoms with Crippen molar-refractivity contribution < 1.29 is 17.9 Å². The number of aryl methyl sites for hydroxylation is 1. The molecular weight excluding hydrogens is 364 g/mol. The quantitative estimate of drug-likeness (QED) is 0.759. The Hall–Kier alpha value is -2.09. The third-order valence-corrected chi connectivity index (χ3v) is 6.78. The predicted octanol–water partition coefficient (Wildman–Crippen LogP) is 2.52. The molecule has 1 saturated heterocycles. The Morgan fingerprint density at radius 2 is 1.59 bits per heavy atom. The summed E-state index contributed by atoms with van der Waals surface area (Å²) in [5.41, 5.74) is 2.08. The average Bonchev–Trinajstić information content (AvgIpc) is 2.68. The van der Waals surface area contributed by atoms with Crippen molar-refractivity contribution in [3.8, 4) is 11.5 Å². The molecule has 1 fully saturated rings. The number of ether oxygens (including phenoxy) is 2. The Bertz CT molecular complexity index is 873. The first kappa shape index (κ1) is 19.7. The van der Waals surface area contributed by atoms with Gasteiger partial charge in [-0.1, -0.05) is 17.7 Å². The number of piperazine rings is 1. The molecule has 0 aliphatic carbocycles. The summed E-state index contributed by atoms with van der Waals surface area (Å²) < 4.78 is 37.9. The van der Waals surface area contributed by atoms with Crippen molar-refractivity contribution in [1.82, 2.24) is 9.21 Å². The van der Waals surface area contributed by atoms with Gasteiger partial charge in [-0.25, -0.2) is 8.42 Å². The van der Waals surface area contributed by atoms with Gasteiger partial charge < -0.3 is 9.47 Å². The van der Waals surface area contributed by atoms with Crippen LogP contribution in [0, 0.1) is 6.92 Å². The summed E-state index contributed by atoms with van der Waals surface area (Å²) in [5.74, 6) is 1.59. The van der Waals surface area contributed by atoms with Crippen LogP contribution in [-0.4, -0.2) is 58.0 Å². The lowest BCUT2D eigenvalue weighted by Crippen LogP contribution is -2.48. The third kappa shape index (κ3) is 4.43. The van der Waals surface area contributed by atoms with Crippen molar-refractivity contribution in [2.24, 2.45) is 0 Å². The summed E-state index contributed by atoms with van der Waals surface area (Å²) in [6.45, 7) is 4.93. The lowest BCUT2D eigenvalue weighted by atomic mass is 10.1. The molecule has 0 saturated carbocycles. The van der Waals surface area contributed by atoms with Gasteiger partial charge in [0.1, 0.15) is 11.5 Å². The standard InChI is InChI=1S/C20H26N2O4S/c1-16-4-7-19(8-5-16)27(23,24)22-12-10-21(11-13-22)15-17-14-18(25-2)6-9-20(17)26-3/h4-9,14H,10-13,15H2,1-3H3. The van der Waals surface area contributed by atoms with E-state index in [1.165, 1.54) is 0 Å². The third-order valence-electron chi connectivity index (χ3n) is 4.87. The van der Waals surface area contributed by atoms with Gasteiger partial charge in [0, 0.05) is 38.3 Å². The molecular formula is C20H26N2O4S. The number of rotatable bonds is 6. The van der Waals surface area contributed by atoms with E-state index in [1.54, 1.807) is 30.7 Å². The van der Waals surface area contributed by atoms with Crippen LogP contribution in [0.1, 0.15) is 11.1 Å². The number of nitrogens with zero attached hydrogens (tertiary/aromatic N) is 2. The first-order valence-electron chi connectivity index (χ1n) is 8.94. The van der Waals surface area contributed by atoms with Crippen LogP contribution in [0.2, 0.25) is 0 Å². The van der Waals surface area contributed by atoms with Crippen molar-refractivity contribution in [3.63, 3.8) is 0 Å². The molecule has 0 bridgehead atoms. The Morgan fingerprint density at radius 1 is 0.926 bits per heavy atom. The van der Waals surface area contributed by atoms with E-state index in [4.69, 9.17) is 9.47 Å². The lowest BCUT2D eigenvalue weighted by Gasteiger charge is -2.34. The minimum absolute atomic E-state index is 0.357. The van der Waals surface area contributed by atoms with E-state index in [0.29, 0.717) is 37.6 Å². The van der Waals surface area contributed by atoms with Gasteiger partial charge in [-0.05, 0) is 37.3 Å². The fraction of sp³-hybridized carbons (Fsp3) is 0.400. The number of hydrogen-bond donors (Lipinski definition) is 0. The molecule has 1 heterocycles. The highest BCUT2D eigenvalue weighted by Crippen LogP contribution is 2.26. The number of benzene rings is 2. The molecule has 0 N–H and O–H groups in total. The zero-order chi connectivity index (χ0) is 19.4. The maximum Gasteiger partial charge on any atom is 0.243 e.